The Morgan fingerprint density at radius 1 is 0.314 bits per heavy atom. The van der Waals surface area contributed by atoms with Crippen LogP contribution in [0, 0.1) is 0 Å². The first-order valence-electron chi connectivity index (χ1n) is 28.4. The van der Waals surface area contributed by atoms with Crippen LogP contribution in [-0.4, -0.2) is 85.9 Å². The molecule has 11 rings (SSSR count). The molecule has 0 amide bonds. The van der Waals surface area contributed by atoms with Gasteiger partial charge >= 0.3 is 23.9 Å². The minimum Gasteiger partial charge on any atom is -0.493 e. The zero-order valence-corrected chi connectivity index (χ0v) is 47.6. The average Bonchev–Trinajstić information content (AvgIpc) is 2.27. The second kappa shape index (κ2) is 28.1. The van der Waals surface area contributed by atoms with Crippen LogP contribution in [0.4, 0.5) is 0 Å². The summed E-state index contributed by atoms with van der Waals surface area (Å²) in [7, 11) is 0. The molecule has 0 aliphatic carbocycles. The number of carbonyl (C=O) groups excluding carboxylic acids is 4. The lowest BCUT2D eigenvalue weighted by Gasteiger charge is -2.15. The fourth-order valence-electron chi connectivity index (χ4n) is 10.5. The highest BCUT2D eigenvalue weighted by atomic mass is 16.6. The van der Waals surface area contributed by atoms with Crippen molar-refractivity contribution in [1.82, 2.24) is 9.13 Å². The summed E-state index contributed by atoms with van der Waals surface area (Å²) < 4.78 is 49.1. The van der Waals surface area contributed by atoms with Gasteiger partial charge in [-0.15, -0.1) is 0 Å². The molecule has 86 heavy (non-hydrogen) atoms. The number of nitrogens with zero attached hydrogens (tertiary/aromatic N) is 2. The van der Waals surface area contributed by atoms with E-state index in [0.29, 0.717) is 75.1 Å². The van der Waals surface area contributed by atoms with Gasteiger partial charge in [0.2, 0.25) is 0 Å². The van der Waals surface area contributed by atoms with Gasteiger partial charge in [0.15, 0.2) is 0 Å². The largest absolute Gasteiger partial charge is 0.493 e. The Morgan fingerprint density at radius 3 is 1.03 bits per heavy atom. The highest BCUT2D eigenvalue weighted by molar-refractivity contribution is 6.28. The molecule has 0 N–H and O–H groups in total. The summed E-state index contributed by atoms with van der Waals surface area (Å²) in [6, 6.07) is 58.1. The number of unbranched alkanes of at least 4 members (excludes halogenated alkanes) is 2. The Bertz CT molecular complexity index is 4150. The molecule has 14 heteroatoms. The number of hydrogen-bond acceptors (Lipinski definition) is 12. The van der Waals surface area contributed by atoms with Gasteiger partial charge in [0.05, 0.1) is 59.9 Å². The Labute approximate surface area is 497 Å². The summed E-state index contributed by atoms with van der Waals surface area (Å²) in [5.74, 6) is 0.552. The highest BCUT2D eigenvalue weighted by Gasteiger charge is 2.20. The third-order valence-electron chi connectivity index (χ3n) is 14.3. The number of benzene rings is 9. The summed E-state index contributed by atoms with van der Waals surface area (Å²) in [5.41, 5.74) is 6.00. The average molecular weight is 1150 g/mol. The lowest BCUT2D eigenvalue weighted by Crippen LogP contribution is -2.11. The van der Waals surface area contributed by atoms with Gasteiger partial charge in [-0.25, -0.2) is 19.2 Å². The van der Waals surface area contributed by atoms with E-state index in [1.807, 2.05) is 54.6 Å². The highest BCUT2D eigenvalue weighted by Crippen LogP contribution is 2.42. The van der Waals surface area contributed by atoms with Crippen molar-refractivity contribution >= 4 is 99.8 Å². The first kappa shape index (κ1) is 58.6. The predicted octanol–water partition coefficient (Wildman–Crippen LogP) is 15.0. The van der Waals surface area contributed by atoms with E-state index in [1.54, 1.807) is 6.07 Å². The van der Waals surface area contributed by atoms with E-state index in [1.165, 1.54) is 37.7 Å². The molecule has 434 valence electrons. The molecular formula is C72H64N2O12. The molecule has 2 aromatic heterocycles. The summed E-state index contributed by atoms with van der Waals surface area (Å²) in [6.07, 6.45) is 7.31. The quantitative estimate of drug-likeness (QED) is 0.0220. The number of hydrogen-bond donors (Lipinski definition) is 0. The Balaban J connectivity index is 0.000000194. The summed E-state index contributed by atoms with van der Waals surface area (Å²) in [4.78, 5) is 45.5. The lowest BCUT2D eigenvalue weighted by atomic mass is 10.00. The maximum atomic E-state index is 11.4. The fourth-order valence-corrected chi connectivity index (χ4v) is 10.5. The van der Waals surface area contributed by atoms with Crippen LogP contribution in [0.15, 0.2) is 220 Å². The second-order valence-electron chi connectivity index (χ2n) is 19.9. The molecule has 11 aromatic rings. The summed E-state index contributed by atoms with van der Waals surface area (Å²) in [5, 5.41) is 11.8. The summed E-state index contributed by atoms with van der Waals surface area (Å²) >= 11 is 0. The smallest absolute Gasteiger partial charge is 0.330 e. The molecule has 0 saturated carbocycles. The zero-order chi connectivity index (χ0) is 59.8. The molecule has 0 atom stereocenters. The molecule has 0 radical (unpaired) electrons. The number of ether oxygens (including phenoxy) is 8. The van der Waals surface area contributed by atoms with Gasteiger partial charge in [-0.2, -0.15) is 0 Å². The SMILES string of the molecule is C=CC(=O)OCCCCOc1cc(OCCCCOC(=O)C=C)cc(-n2c3ccc4ccccc4c3c3c4ccccc4ccc32)c1.C=CC(=O)OCCOc1cc(OCCOC(=O)C=C)cc(-n2c3ccccc3c3c4ccccc4ccc32)c1. The first-order valence-corrected chi connectivity index (χ1v) is 28.4. The van der Waals surface area contributed by atoms with Crippen molar-refractivity contribution in [3.63, 3.8) is 0 Å². The van der Waals surface area contributed by atoms with Crippen molar-refractivity contribution in [3.05, 3.63) is 220 Å². The normalized spacial score (nSPS) is 11.0. The molecule has 2 heterocycles. The number of rotatable bonds is 26. The molecule has 0 unspecified atom stereocenters. The van der Waals surface area contributed by atoms with E-state index in [4.69, 9.17) is 37.9 Å². The van der Waals surface area contributed by atoms with Gasteiger partial charge in [-0.05, 0) is 82.3 Å². The minimum atomic E-state index is -0.511. The first-order chi connectivity index (χ1) is 42.2. The molecule has 0 fully saturated rings. The molecule has 0 aliphatic rings. The monoisotopic (exact) mass is 1150 g/mol. The van der Waals surface area contributed by atoms with Gasteiger partial charge in [0.25, 0.3) is 0 Å². The van der Waals surface area contributed by atoms with Crippen molar-refractivity contribution in [3.8, 4) is 34.4 Å². The maximum Gasteiger partial charge on any atom is 0.330 e. The molecular weight excluding hydrogens is 1080 g/mol. The van der Waals surface area contributed by atoms with Gasteiger partial charge in [0, 0.05) is 82.2 Å². The van der Waals surface area contributed by atoms with E-state index < -0.39 is 23.9 Å². The van der Waals surface area contributed by atoms with E-state index in [2.05, 4.69) is 145 Å². The Morgan fingerprint density at radius 2 is 0.628 bits per heavy atom. The number of esters is 4. The van der Waals surface area contributed by atoms with Gasteiger partial charge in [-0.3, -0.25) is 0 Å². The van der Waals surface area contributed by atoms with Crippen LogP contribution in [-0.2, 0) is 38.1 Å². The van der Waals surface area contributed by atoms with E-state index in [9.17, 15) is 19.2 Å². The number of carbonyl (C=O) groups is 4. The molecule has 14 nitrogen and oxygen atoms in total. The van der Waals surface area contributed by atoms with Crippen LogP contribution in [0.2, 0.25) is 0 Å². The molecule has 0 bridgehead atoms. The van der Waals surface area contributed by atoms with E-state index in [-0.39, 0.29) is 26.4 Å². The van der Waals surface area contributed by atoms with Crippen LogP contribution in [0.25, 0.3) is 87.3 Å². The van der Waals surface area contributed by atoms with Crippen molar-refractivity contribution in [2.24, 2.45) is 0 Å². The second-order valence-corrected chi connectivity index (χ2v) is 19.9. The topological polar surface area (TPSA) is 152 Å². The fraction of sp³-hybridized carbons (Fsp3) is 0.167. The van der Waals surface area contributed by atoms with Gasteiger partial charge in [0.1, 0.15) is 49.4 Å². The van der Waals surface area contributed by atoms with Crippen LogP contribution >= 0.6 is 0 Å². The van der Waals surface area contributed by atoms with Crippen LogP contribution in [0.5, 0.6) is 23.0 Å². The lowest BCUT2D eigenvalue weighted by molar-refractivity contribution is -0.139. The number of aromatic nitrogens is 2. The predicted molar refractivity (Wildman–Crippen MR) is 339 cm³/mol. The number of fused-ring (bicyclic) bond motifs is 12. The van der Waals surface area contributed by atoms with E-state index >= 15 is 0 Å². The van der Waals surface area contributed by atoms with Crippen LogP contribution < -0.4 is 18.9 Å². The van der Waals surface area contributed by atoms with Crippen molar-refractivity contribution in [2.45, 2.75) is 25.7 Å². The van der Waals surface area contributed by atoms with Crippen molar-refractivity contribution < 1.29 is 57.1 Å². The van der Waals surface area contributed by atoms with Gasteiger partial charge in [-0.1, -0.05) is 136 Å². The van der Waals surface area contributed by atoms with Crippen LogP contribution in [0.3, 0.4) is 0 Å². The molecule has 0 aliphatic heterocycles. The van der Waals surface area contributed by atoms with Crippen LogP contribution in [0.1, 0.15) is 25.7 Å². The minimum absolute atomic E-state index is 0.0736. The van der Waals surface area contributed by atoms with Crippen molar-refractivity contribution in [1.29, 1.82) is 0 Å². The summed E-state index contributed by atoms with van der Waals surface area (Å²) in [6.45, 7) is 15.6. The number of para-hydroxylation sites is 1. The van der Waals surface area contributed by atoms with E-state index in [0.717, 1.165) is 73.9 Å². The molecule has 0 saturated heterocycles. The Kier molecular flexibility index (Phi) is 19.2. The molecule has 0 spiro atoms. The van der Waals surface area contributed by atoms with Crippen molar-refractivity contribution in [2.75, 3.05) is 52.9 Å². The molecule has 9 aromatic carbocycles. The third kappa shape index (κ3) is 13.6. The standard InChI is InChI=1S/C40H37NO6.C32H27NO6/c1-3-37(42)46-23-11-9-21-44-31-25-30(26-32(27-31)45-22-10-12-24-47-38(43)4-2)41-35-19-17-28-13-5-7-15-33(28)39(35)40-34-16-8-6-14-29(34)18-20-36(40)41;1-3-30(34)38-17-15-36-24-19-23(20-25(21-24)37-16-18-39-31(35)4-2)33-28-12-8-7-11-27(28)32-26-10-6-5-9-22(26)13-14-29(32)33/h3-8,13-20,25-27H,1-2,9-12,21-24H2;3-14,19-21H,1-2,15-18H2. The maximum absolute atomic E-state index is 11.4. The Hall–Kier alpha value is -10.6. The zero-order valence-electron chi connectivity index (χ0n) is 47.6. The third-order valence-corrected chi connectivity index (χ3v) is 14.3. The van der Waals surface area contributed by atoms with Gasteiger partial charge < -0.3 is 47.0 Å².